The van der Waals surface area contributed by atoms with E-state index in [0.717, 1.165) is 11.1 Å². The number of nitrogens with one attached hydrogen (secondary N) is 1. The fraction of sp³-hybridized carbons (Fsp3) is 0.188. The van der Waals surface area contributed by atoms with Gasteiger partial charge in [-0.05, 0) is 30.2 Å². The average Bonchev–Trinajstić information content (AvgIpc) is 2.53. The normalized spacial score (nSPS) is 11.6. The van der Waals surface area contributed by atoms with E-state index < -0.39 is 4.92 Å². The van der Waals surface area contributed by atoms with Crippen LogP contribution in [0.1, 0.15) is 29.7 Å². The molecule has 5 heteroatoms. The van der Waals surface area contributed by atoms with Gasteiger partial charge in [0.1, 0.15) is 0 Å². The predicted molar refractivity (Wildman–Crippen MR) is 79.5 cm³/mol. The summed E-state index contributed by atoms with van der Waals surface area (Å²) in [6.07, 6.45) is 0. The first kappa shape index (κ1) is 14.7. The van der Waals surface area contributed by atoms with Gasteiger partial charge in [0, 0.05) is 24.7 Å². The molecule has 1 atom stereocenters. The minimum atomic E-state index is -0.395. The molecule has 106 valence electrons. The molecule has 2 aromatic carbocycles. The Morgan fingerprint density at radius 2 is 2.00 bits per heavy atom. The number of nitriles is 1. The molecular weight excluding hydrogens is 266 g/mol. The van der Waals surface area contributed by atoms with E-state index in [-0.39, 0.29) is 11.7 Å². The molecule has 2 rings (SSSR count). The minimum absolute atomic E-state index is 0.0944. The molecule has 0 heterocycles. The first-order chi connectivity index (χ1) is 10.1. The minimum Gasteiger partial charge on any atom is -0.306 e. The van der Waals surface area contributed by atoms with Gasteiger partial charge in [0.05, 0.1) is 16.6 Å². The van der Waals surface area contributed by atoms with Gasteiger partial charge >= 0.3 is 0 Å². The maximum absolute atomic E-state index is 10.7. The van der Waals surface area contributed by atoms with Gasteiger partial charge in [-0.1, -0.05) is 24.3 Å². The average molecular weight is 281 g/mol. The zero-order valence-corrected chi connectivity index (χ0v) is 11.6. The SMILES string of the molecule is CC(NCc1cccc([N+](=O)[O-])c1)c1ccc(C#N)cc1. The Hall–Kier alpha value is -2.71. The van der Waals surface area contributed by atoms with E-state index in [1.54, 1.807) is 24.3 Å². The molecule has 5 nitrogen and oxygen atoms in total. The van der Waals surface area contributed by atoms with Crippen molar-refractivity contribution in [2.45, 2.75) is 19.5 Å². The van der Waals surface area contributed by atoms with Crippen LogP contribution in [0.25, 0.3) is 0 Å². The van der Waals surface area contributed by atoms with Gasteiger partial charge in [-0.3, -0.25) is 10.1 Å². The Morgan fingerprint density at radius 3 is 2.62 bits per heavy atom. The molecule has 0 fully saturated rings. The molecule has 0 aliphatic rings. The highest BCUT2D eigenvalue weighted by Gasteiger charge is 2.08. The molecular formula is C16H15N3O2. The summed E-state index contributed by atoms with van der Waals surface area (Å²) in [7, 11) is 0. The van der Waals surface area contributed by atoms with Crippen molar-refractivity contribution < 1.29 is 4.92 Å². The van der Waals surface area contributed by atoms with Crippen LogP contribution in [-0.4, -0.2) is 4.92 Å². The molecule has 21 heavy (non-hydrogen) atoms. The van der Waals surface area contributed by atoms with Crippen molar-refractivity contribution in [2.75, 3.05) is 0 Å². The number of nitrogens with zero attached hydrogens (tertiary/aromatic N) is 2. The third-order valence-corrected chi connectivity index (χ3v) is 3.27. The van der Waals surface area contributed by atoms with Crippen molar-refractivity contribution in [1.29, 1.82) is 5.26 Å². The van der Waals surface area contributed by atoms with Crippen molar-refractivity contribution in [3.63, 3.8) is 0 Å². The van der Waals surface area contributed by atoms with Crippen molar-refractivity contribution in [3.05, 3.63) is 75.3 Å². The first-order valence-electron chi connectivity index (χ1n) is 6.57. The molecule has 0 saturated heterocycles. The largest absolute Gasteiger partial charge is 0.306 e. The molecule has 0 bridgehead atoms. The summed E-state index contributed by atoms with van der Waals surface area (Å²) in [5.74, 6) is 0. The van der Waals surface area contributed by atoms with Crippen LogP contribution in [0.4, 0.5) is 5.69 Å². The standard InChI is InChI=1S/C16H15N3O2/c1-12(15-7-5-13(10-17)6-8-15)18-11-14-3-2-4-16(9-14)19(20)21/h2-9,12,18H,11H2,1H3. The summed E-state index contributed by atoms with van der Waals surface area (Å²) >= 11 is 0. The second-order valence-corrected chi connectivity index (χ2v) is 4.76. The molecule has 0 amide bonds. The van der Waals surface area contributed by atoms with Crippen LogP contribution >= 0.6 is 0 Å². The number of rotatable bonds is 5. The second kappa shape index (κ2) is 6.64. The lowest BCUT2D eigenvalue weighted by Crippen LogP contribution is -2.18. The number of hydrogen-bond acceptors (Lipinski definition) is 4. The van der Waals surface area contributed by atoms with E-state index in [1.165, 1.54) is 6.07 Å². The number of nitro benzene ring substituents is 1. The van der Waals surface area contributed by atoms with E-state index in [9.17, 15) is 10.1 Å². The van der Waals surface area contributed by atoms with Crippen LogP contribution in [0.2, 0.25) is 0 Å². The molecule has 0 radical (unpaired) electrons. The molecule has 0 spiro atoms. The fourth-order valence-corrected chi connectivity index (χ4v) is 2.02. The maximum atomic E-state index is 10.7. The van der Waals surface area contributed by atoms with Crippen LogP contribution in [-0.2, 0) is 6.54 Å². The Morgan fingerprint density at radius 1 is 1.29 bits per heavy atom. The summed E-state index contributed by atoms with van der Waals surface area (Å²) in [5, 5.41) is 22.8. The summed E-state index contributed by atoms with van der Waals surface area (Å²) in [5.41, 5.74) is 2.66. The fourth-order valence-electron chi connectivity index (χ4n) is 2.02. The molecule has 0 aromatic heterocycles. The third kappa shape index (κ3) is 3.88. The Balaban J connectivity index is 2.00. The van der Waals surface area contributed by atoms with Crippen LogP contribution in [0.3, 0.4) is 0 Å². The van der Waals surface area contributed by atoms with Gasteiger partial charge in [0.2, 0.25) is 0 Å². The van der Waals surface area contributed by atoms with Crippen LogP contribution in [0.15, 0.2) is 48.5 Å². The van der Waals surface area contributed by atoms with Crippen LogP contribution in [0, 0.1) is 21.4 Å². The summed E-state index contributed by atoms with van der Waals surface area (Å²) in [4.78, 5) is 10.3. The summed E-state index contributed by atoms with van der Waals surface area (Å²) in [6.45, 7) is 2.56. The lowest BCUT2D eigenvalue weighted by Gasteiger charge is -2.14. The van der Waals surface area contributed by atoms with Crippen LogP contribution in [0.5, 0.6) is 0 Å². The van der Waals surface area contributed by atoms with Crippen molar-refractivity contribution in [2.24, 2.45) is 0 Å². The highest BCUT2D eigenvalue weighted by atomic mass is 16.6. The summed E-state index contributed by atoms with van der Waals surface area (Å²) in [6, 6.07) is 16.1. The number of hydrogen-bond donors (Lipinski definition) is 1. The highest BCUT2D eigenvalue weighted by Crippen LogP contribution is 2.16. The van der Waals surface area contributed by atoms with Gasteiger partial charge in [0.25, 0.3) is 5.69 Å². The van der Waals surface area contributed by atoms with Gasteiger partial charge < -0.3 is 5.32 Å². The van der Waals surface area contributed by atoms with E-state index in [2.05, 4.69) is 11.4 Å². The molecule has 1 unspecified atom stereocenters. The lowest BCUT2D eigenvalue weighted by molar-refractivity contribution is -0.384. The molecule has 0 aliphatic heterocycles. The Kier molecular flexibility index (Phi) is 4.64. The van der Waals surface area contributed by atoms with Gasteiger partial charge in [-0.2, -0.15) is 5.26 Å². The third-order valence-electron chi connectivity index (χ3n) is 3.27. The quantitative estimate of drug-likeness (QED) is 0.673. The van der Waals surface area contributed by atoms with Gasteiger partial charge in [-0.25, -0.2) is 0 Å². The molecule has 0 saturated carbocycles. The summed E-state index contributed by atoms with van der Waals surface area (Å²) < 4.78 is 0. The van der Waals surface area contributed by atoms with Crippen molar-refractivity contribution in [3.8, 4) is 6.07 Å². The van der Waals surface area contributed by atoms with E-state index >= 15 is 0 Å². The molecule has 0 aliphatic carbocycles. The number of benzene rings is 2. The maximum Gasteiger partial charge on any atom is 0.269 e. The van der Waals surface area contributed by atoms with Crippen molar-refractivity contribution >= 4 is 5.69 Å². The molecule has 1 N–H and O–H groups in total. The monoisotopic (exact) mass is 281 g/mol. The number of non-ortho nitro benzene ring substituents is 1. The van der Waals surface area contributed by atoms with E-state index in [4.69, 9.17) is 5.26 Å². The topological polar surface area (TPSA) is 79.0 Å². The first-order valence-corrected chi connectivity index (χ1v) is 6.57. The van der Waals surface area contributed by atoms with Crippen molar-refractivity contribution in [1.82, 2.24) is 5.32 Å². The van der Waals surface area contributed by atoms with Crippen LogP contribution < -0.4 is 5.32 Å². The van der Waals surface area contributed by atoms with Gasteiger partial charge in [0.15, 0.2) is 0 Å². The lowest BCUT2D eigenvalue weighted by atomic mass is 10.1. The van der Waals surface area contributed by atoms with E-state index in [1.807, 2.05) is 25.1 Å². The Labute approximate surface area is 123 Å². The highest BCUT2D eigenvalue weighted by molar-refractivity contribution is 5.35. The number of nitro groups is 1. The zero-order chi connectivity index (χ0) is 15.2. The van der Waals surface area contributed by atoms with Gasteiger partial charge in [-0.15, -0.1) is 0 Å². The second-order valence-electron chi connectivity index (χ2n) is 4.76. The smallest absolute Gasteiger partial charge is 0.269 e. The Bertz CT molecular complexity index is 675. The molecule has 2 aromatic rings. The van der Waals surface area contributed by atoms with E-state index in [0.29, 0.717) is 12.1 Å². The predicted octanol–water partition coefficient (Wildman–Crippen LogP) is 3.32. The zero-order valence-electron chi connectivity index (χ0n) is 11.6.